The van der Waals surface area contributed by atoms with Crippen LogP contribution in [0.2, 0.25) is 0 Å². The molecule has 0 bridgehead atoms. The largest absolute Gasteiger partial charge is 0.355 e. The molecule has 0 spiro atoms. The molecule has 1 aromatic heterocycles. The summed E-state index contributed by atoms with van der Waals surface area (Å²) in [4.78, 5) is 15.8. The maximum atomic E-state index is 11.9. The van der Waals surface area contributed by atoms with Crippen molar-refractivity contribution in [3.63, 3.8) is 0 Å². The first-order chi connectivity index (χ1) is 9.25. The molecule has 2 aromatic rings. The van der Waals surface area contributed by atoms with Crippen LogP contribution < -0.4 is 5.32 Å². The van der Waals surface area contributed by atoms with Crippen LogP contribution in [0.25, 0.3) is 0 Å². The molecule has 0 unspecified atom stereocenters. The maximum absolute atomic E-state index is 11.9. The molecule has 1 atom stereocenters. The molecule has 1 amide bonds. The lowest BCUT2D eigenvalue weighted by molar-refractivity contribution is -0.120. The van der Waals surface area contributed by atoms with Gasteiger partial charge in [0, 0.05) is 6.54 Å². The van der Waals surface area contributed by atoms with Gasteiger partial charge in [0.25, 0.3) is 0 Å². The summed E-state index contributed by atoms with van der Waals surface area (Å²) in [5.74, 6) is 0.0114. The molecule has 0 aliphatic rings. The molecule has 2 rings (SSSR count). The number of benzene rings is 1. The zero-order chi connectivity index (χ0) is 13.5. The fraction of sp³-hybridized carbons (Fsp3) is 0.308. The summed E-state index contributed by atoms with van der Waals surface area (Å²) in [5.41, 5.74) is 1.22. The van der Waals surface area contributed by atoms with E-state index in [1.54, 1.807) is 0 Å². The number of rotatable bonds is 6. The molecule has 1 aromatic carbocycles. The highest BCUT2D eigenvalue weighted by Gasteiger charge is 2.15. The number of H-pyrrole nitrogens is 1. The van der Waals surface area contributed by atoms with Gasteiger partial charge >= 0.3 is 0 Å². The van der Waals surface area contributed by atoms with Crippen molar-refractivity contribution in [3.05, 3.63) is 42.2 Å². The fourth-order valence-electron chi connectivity index (χ4n) is 1.59. The Morgan fingerprint density at radius 2 is 2.21 bits per heavy atom. The zero-order valence-electron chi connectivity index (χ0n) is 10.7. The van der Waals surface area contributed by atoms with Crippen LogP contribution >= 0.6 is 11.8 Å². The number of nitrogens with one attached hydrogen (secondary N) is 2. The molecule has 0 saturated carbocycles. The SMILES string of the molecule is C[C@H](Sc1ncn[nH]1)C(=O)NCCc1ccccc1. The molecule has 0 aliphatic heterocycles. The van der Waals surface area contributed by atoms with Crippen LogP contribution in [0.15, 0.2) is 41.8 Å². The first-order valence-electron chi connectivity index (χ1n) is 6.09. The van der Waals surface area contributed by atoms with Crippen molar-refractivity contribution in [1.29, 1.82) is 0 Å². The van der Waals surface area contributed by atoms with Gasteiger partial charge in [0.15, 0.2) is 5.16 Å². The number of carbonyl (C=O) groups is 1. The van der Waals surface area contributed by atoms with Gasteiger partial charge in [-0.15, -0.1) is 0 Å². The van der Waals surface area contributed by atoms with E-state index in [2.05, 4.69) is 32.6 Å². The van der Waals surface area contributed by atoms with Gasteiger partial charge in [0.1, 0.15) is 6.33 Å². The van der Waals surface area contributed by atoms with E-state index in [1.807, 2.05) is 25.1 Å². The summed E-state index contributed by atoms with van der Waals surface area (Å²) in [6, 6.07) is 10.1. The maximum Gasteiger partial charge on any atom is 0.233 e. The molecule has 5 nitrogen and oxygen atoms in total. The summed E-state index contributed by atoms with van der Waals surface area (Å²) in [5, 5.41) is 9.86. The first-order valence-corrected chi connectivity index (χ1v) is 6.97. The Bertz CT molecular complexity index is 501. The van der Waals surface area contributed by atoms with Gasteiger partial charge in [0.2, 0.25) is 5.91 Å². The quantitative estimate of drug-likeness (QED) is 0.787. The van der Waals surface area contributed by atoms with Crippen molar-refractivity contribution in [2.24, 2.45) is 0 Å². The molecule has 100 valence electrons. The lowest BCUT2D eigenvalue weighted by atomic mass is 10.1. The van der Waals surface area contributed by atoms with E-state index in [9.17, 15) is 4.79 Å². The second kappa shape index (κ2) is 6.94. The molecule has 0 radical (unpaired) electrons. The van der Waals surface area contributed by atoms with Crippen LogP contribution in [-0.4, -0.2) is 32.9 Å². The normalized spacial score (nSPS) is 12.1. The Morgan fingerprint density at radius 3 is 2.89 bits per heavy atom. The van der Waals surface area contributed by atoms with Gasteiger partial charge < -0.3 is 5.32 Å². The molecule has 19 heavy (non-hydrogen) atoms. The number of aromatic amines is 1. The summed E-state index contributed by atoms with van der Waals surface area (Å²) >= 11 is 1.36. The monoisotopic (exact) mass is 276 g/mol. The predicted molar refractivity (Wildman–Crippen MR) is 74.9 cm³/mol. The third-order valence-corrected chi connectivity index (χ3v) is 3.59. The average Bonchev–Trinajstić information content (AvgIpc) is 2.92. The number of thioether (sulfide) groups is 1. The third kappa shape index (κ3) is 4.40. The van der Waals surface area contributed by atoms with Crippen LogP contribution in [0, 0.1) is 0 Å². The zero-order valence-corrected chi connectivity index (χ0v) is 11.5. The second-order valence-corrected chi connectivity index (χ2v) is 5.41. The number of carbonyl (C=O) groups excluding carboxylic acids is 1. The lowest BCUT2D eigenvalue weighted by Gasteiger charge is -2.10. The number of aromatic nitrogens is 3. The molecule has 6 heteroatoms. The summed E-state index contributed by atoms with van der Waals surface area (Å²) in [6.45, 7) is 2.50. The van der Waals surface area contributed by atoms with E-state index in [1.165, 1.54) is 23.7 Å². The van der Waals surface area contributed by atoms with Gasteiger partial charge in [-0.2, -0.15) is 5.10 Å². The molecule has 2 N–H and O–H groups in total. The van der Waals surface area contributed by atoms with E-state index in [0.29, 0.717) is 11.7 Å². The van der Waals surface area contributed by atoms with E-state index in [4.69, 9.17) is 0 Å². The molecule has 1 heterocycles. The minimum absolute atomic E-state index is 0.0114. The van der Waals surface area contributed by atoms with E-state index in [-0.39, 0.29) is 11.2 Å². The van der Waals surface area contributed by atoms with Crippen LogP contribution in [-0.2, 0) is 11.2 Å². The highest BCUT2D eigenvalue weighted by molar-refractivity contribution is 8.00. The summed E-state index contributed by atoms with van der Waals surface area (Å²) in [7, 11) is 0. The minimum atomic E-state index is -0.191. The van der Waals surface area contributed by atoms with Crippen molar-refractivity contribution in [2.45, 2.75) is 23.8 Å². The van der Waals surface area contributed by atoms with Crippen LogP contribution in [0.3, 0.4) is 0 Å². The topological polar surface area (TPSA) is 70.7 Å². The van der Waals surface area contributed by atoms with Gasteiger partial charge in [-0.1, -0.05) is 42.1 Å². The summed E-state index contributed by atoms with van der Waals surface area (Å²) in [6.07, 6.45) is 2.27. The van der Waals surface area contributed by atoms with Crippen molar-refractivity contribution >= 4 is 17.7 Å². The molecular weight excluding hydrogens is 260 g/mol. The highest BCUT2D eigenvalue weighted by atomic mass is 32.2. The number of hydrogen-bond donors (Lipinski definition) is 2. The van der Waals surface area contributed by atoms with Crippen molar-refractivity contribution in [1.82, 2.24) is 20.5 Å². The Kier molecular flexibility index (Phi) is 4.97. The van der Waals surface area contributed by atoms with E-state index < -0.39 is 0 Å². The second-order valence-electron chi connectivity index (χ2n) is 4.08. The van der Waals surface area contributed by atoms with Crippen molar-refractivity contribution in [3.8, 4) is 0 Å². The smallest absolute Gasteiger partial charge is 0.233 e. The number of amides is 1. The Morgan fingerprint density at radius 1 is 1.42 bits per heavy atom. The van der Waals surface area contributed by atoms with Crippen LogP contribution in [0.1, 0.15) is 12.5 Å². The number of nitrogens with zero attached hydrogens (tertiary/aromatic N) is 2. The molecular formula is C13H16N4OS. The molecule has 0 fully saturated rings. The summed E-state index contributed by atoms with van der Waals surface area (Å²) < 4.78 is 0. The Labute approximate surface area is 116 Å². The Hall–Kier alpha value is -1.82. The Balaban J connectivity index is 1.72. The lowest BCUT2D eigenvalue weighted by Crippen LogP contribution is -2.32. The van der Waals surface area contributed by atoms with Crippen LogP contribution in [0.4, 0.5) is 0 Å². The number of hydrogen-bond acceptors (Lipinski definition) is 4. The van der Waals surface area contributed by atoms with Crippen molar-refractivity contribution < 1.29 is 4.79 Å². The van der Waals surface area contributed by atoms with Crippen LogP contribution in [0.5, 0.6) is 0 Å². The fourth-order valence-corrected chi connectivity index (χ4v) is 2.33. The third-order valence-electron chi connectivity index (χ3n) is 2.61. The van der Waals surface area contributed by atoms with Gasteiger partial charge in [0.05, 0.1) is 5.25 Å². The minimum Gasteiger partial charge on any atom is -0.355 e. The molecule has 0 aliphatic carbocycles. The van der Waals surface area contributed by atoms with Gasteiger partial charge in [-0.25, -0.2) is 4.98 Å². The average molecular weight is 276 g/mol. The highest BCUT2D eigenvalue weighted by Crippen LogP contribution is 2.17. The van der Waals surface area contributed by atoms with E-state index >= 15 is 0 Å². The first kappa shape index (κ1) is 13.6. The van der Waals surface area contributed by atoms with Gasteiger partial charge in [-0.05, 0) is 18.9 Å². The van der Waals surface area contributed by atoms with E-state index in [0.717, 1.165) is 6.42 Å². The van der Waals surface area contributed by atoms with Gasteiger partial charge in [-0.3, -0.25) is 9.89 Å². The predicted octanol–water partition coefficient (Wildman–Crippen LogP) is 1.64. The van der Waals surface area contributed by atoms with Crippen molar-refractivity contribution in [2.75, 3.05) is 6.54 Å². The standard InChI is InChI=1S/C13H16N4OS/c1-10(19-13-15-9-16-17-13)12(18)14-8-7-11-5-3-2-4-6-11/h2-6,9-10H,7-8H2,1H3,(H,14,18)(H,15,16,17)/t10-/m0/s1. The molecule has 0 saturated heterocycles.